The molecule has 1 heterocycles. The Kier molecular flexibility index (Phi) is 6.03. The van der Waals surface area contributed by atoms with Gasteiger partial charge in [-0.2, -0.15) is 4.98 Å². The first-order valence-electron chi connectivity index (χ1n) is 5.85. The van der Waals surface area contributed by atoms with Crippen molar-refractivity contribution in [2.75, 3.05) is 13.2 Å². The Bertz CT molecular complexity index is 287. The highest BCUT2D eigenvalue weighted by Crippen LogP contribution is 2.01. The smallest absolute Gasteiger partial charge is 0.252 e. The molecule has 1 aromatic rings. The topological polar surface area (TPSA) is 60.2 Å². The van der Waals surface area contributed by atoms with Crippen LogP contribution in [0.25, 0.3) is 0 Å². The molecule has 0 unspecified atom stereocenters. The Hall–Kier alpha value is -0.940. The summed E-state index contributed by atoms with van der Waals surface area (Å²) in [6.45, 7) is 8.20. The van der Waals surface area contributed by atoms with Crippen molar-refractivity contribution in [1.82, 2.24) is 15.5 Å². The Balaban J connectivity index is 2.12. The molecule has 0 spiro atoms. The minimum Gasteiger partial charge on any atom is -0.370 e. The minimum atomic E-state index is 0.399. The van der Waals surface area contributed by atoms with Crippen molar-refractivity contribution in [3.8, 4) is 0 Å². The van der Waals surface area contributed by atoms with E-state index in [9.17, 15) is 0 Å². The molecule has 16 heavy (non-hydrogen) atoms. The van der Waals surface area contributed by atoms with Crippen LogP contribution in [0.15, 0.2) is 4.52 Å². The molecular formula is C11H21N3O2. The second kappa shape index (κ2) is 7.35. The van der Waals surface area contributed by atoms with E-state index in [0.29, 0.717) is 25.1 Å². The Morgan fingerprint density at radius 1 is 1.44 bits per heavy atom. The fraction of sp³-hybridized carbons (Fsp3) is 0.818. The van der Waals surface area contributed by atoms with Crippen molar-refractivity contribution in [3.63, 3.8) is 0 Å². The van der Waals surface area contributed by atoms with Gasteiger partial charge in [-0.1, -0.05) is 25.9 Å². The van der Waals surface area contributed by atoms with Crippen molar-refractivity contribution >= 4 is 0 Å². The molecule has 0 atom stereocenters. The van der Waals surface area contributed by atoms with Crippen LogP contribution in [0.3, 0.4) is 0 Å². The monoisotopic (exact) mass is 227 g/mol. The van der Waals surface area contributed by atoms with Gasteiger partial charge in [0.15, 0.2) is 5.82 Å². The zero-order chi connectivity index (χ0) is 11.8. The van der Waals surface area contributed by atoms with Gasteiger partial charge in [0, 0.05) is 19.0 Å². The predicted octanol–water partition coefficient (Wildman–Crippen LogP) is 1.54. The first-order valence-corrected chi connectivity index (χ1v) is 5.85. The summed E-state index contributed by atoms with van der Waals surface area (Å²) in [4.78, 5) is 4.21. The van der Waals surface area contributed by atoms with E-state index in [1.807, 2.05) is 0 Å². The zero-order valence-corrected chi connectivity index (χ0v) is 10.3. The van der Waals surface area contributed by atoms with Crippen molar-refractivity contribution in [2.45, 2.75) is 46.3 Å². The number of rotatable bonds is 8. The lowest BCUT2D eigenvalue weighted by Gasteiger charge is -2.06. The van der Waals surface area contributed by atoms with E-state index >= 15 is 0 Å². The third-order valence-electron chi connectivity index (χ3n) is 2.01. The van der Waals surface area contributed by atoms with Gasteiger partial charge in [-0.15, -0.1) is 0 Å². The summed E-state index contributed by atoms with van der Waals surface area (Å²) in [7, 11) is 0. The molecule has 92 valence electrons. The molecular weight excluding hydrogens is 206 g/mol. The van der Waals surface area contributed by atoms with Crippen LogP contribution in [0.4, 0.5) is 0 Å². The molecule has 1 rings (SSSR count). The molecule has 0 aliphatic heterocycles. The highest BCUT2D eigenvalue weighted by atomic mass is 16.5. The SMILES string of the molecule is CCCc1noc(COCCNC(C)C)n1. The van der Waals surface area contributed by atoms with Crippen molar-refractivity contribution < 1.29 is 9.26 Å². The van der Waals surface area contributed by atoms with Gasteiger partial charge in [0.2, 0.25) is 0 Å². The summed E-state index contributed by atoms with van der Waals surface area (Å²) in [6.07, 6.45) is 1.89. The maximum absolute atomic E-state index is 5.40. The molecule has 0 bridgehead atoms. The quantitative estimate of drug-likeness (QED) is 0.682. The fourth-order valence-electron chi connectivity index (χ4n) is 1.25. The summed E-state index contributed by atoms with van der Waals surface area (Å²) in [6, 6.07) is 0.489. The fourth-order valence-corrected chi connectivity index (χ4v) is 1.25. The summed E-state index contributed by atoms with van der Waals surface area (Å²) >= 11 is 0. The highest BCUT2D eigenvalue weighted by Gasteiger charge is 2.04. The van der Waals surface area contributed by atoms with Crippen LogP contribution in [-0.4, -0.2) is 29.3 Å². The lowest BCUT2D eigenvalue weighted by Crippen LogP contribution is -2.26. The molecule has 0 amide bonds. The lowest BCUT2D eigenvalue weighted by atomic mass is 10.3. The third kappa shape index (κ3) is 5.23. The normalized spacial score (nSPS) is 11.2. The molecule has 1 aromatic heterocycles. The van der Waals surface area contributed by atoms with E-state index in [1.165, 1.54) is 0 Å². The molecule has 0 fully saturated rings. The Morgan fingerprint density at radius 2 is 2.25 bits per heavy atom. The van der Waals surface area contributed by atoms with Gasteiger partial charge >= 0.3 is 0 Å². The molecule has 0 aromatic carbocycles. The first kappa shape index (κ1) is 13.1. The van der Waals surface area contributed by atoms with E-state index < -0.39 is 0 Å². The third-order valence-corrected chi connectivity index (χ3v) is 2.01. The van der Waals surface area contributed by atoms with Crippen LogP contribution in [0, 0.1) is 0 Å². The second-order valence-corrected chi connectivity index (χ2v) is 4.02. The van der Waals surface area contributed by atoms with E-state index in [4.69, 9.17) is 9.26 Å². The average molecular weight is 227 g/mol. The van der Waals surface area contributed by atoms with E-state index in [1.54, 1.807) is 0 Å². The molecule has 0 radical (unpaired) electrons. The van der Waals surface area contributed by atoms with Gasteiger partial charge in [-0.25, -0.2) is 0 Å². The van der Waals surface area contributed by atoms with Crippen LogP contribution in [0.1, 0.15) is 38.9 Å². The number of hydrogen-bond donors (Lipinski definition) is 1. The van der Waals surface area contributed by atoms with Crippen LogP contribution < -0.4 is 5.32 Å². The second-order valence-electron chi connectivity index (χ2n) is 4.02. The Labute approximate surface area is 96.6 Å². The predicted molar refractivity (Wildman–Crippen MR) is 61.1 cm³/mol. The number of aryl methyl sites for hydroxylation is 1. The molecule has 0 aliphatic rings. The average Bonchev–Trinajstić information content (AvgIpc) is 2.65. The van der Waals surface area contributed by atoms with E-state index in [0.717, 1.165) is 25.2 Å². The summed E-state index contributed by atoms with van der Waals surface area (Å²) < 4.78 is 10.4. The van der Waals surface area contributed by atoms with Gasteiger partial charge in [-0.05, 0) is 6.42 Å². The molecule has 5 nitrogen and oxygen atoms in total. The number of nitrogens with one attached hydrogen (secondary N) is 1. The van der Waals surface area contributed by atoms with E-state index in [-0.39, 0.29) is 0 Å². The van der Waals surface area contributed by atoms with Crippen LogP contribution in [0.2, 0.25) is 0 Å². The minimum absolute atomic E-state index is 0.399. The molecule has 0 saturated heterocycles. The molecule has 0 aliphatic carbocycles. The Morgan fingerprint density at radius 3 is 2.94 bits per heavy atom. The summed E-state index contributed by atoms with van der Waals surface area (Å²) in [5, 5.41) is 7.12. The first-order chi connectivity index (χ1) is 7.72. The summed E-state index contributed by atoms with van der Waals surface area (Å²) in [5.41, 5.74) is 0. The van der Waals surface area contributed by atoms with E-state index in [2.05, 4.69) is 36.2 Å². The van der Waals surface area contributed by atoms with Crippen LogP contribution in [-0.2, 0) is 17.8 Å². The number of aromatic nitrogens is 2. The maximum atomic E-state index is 5.40. The van der Waals surface area contributed by atoms with Gasteiger partial charge < -0.3 is 14.6 Å². The zero-order valence-electron chi connectivity index (χ0n) is 10.3. The van der Waals surface area contributed by atoms with Crippen molar-refractivity contribution in [3.05, 3.63) is 11.7 Å². The van der Waals surface area contributed by atoms with Crippen LogP contribution in [0.5, 0.6) is 0 Å². The van der Waals surface area contributed by atoms with Gasteiger partial charge in [0.05, 0.1) is 6.61 Å². The van der Waals surface area contributed by atoms with Gasteiger partial charge in [0.25, 0.3) is 5.89 Å². The number of nitrogens with zero attached hydrogens (tertiary/aromatic N) is 2. The number of ether oxygens (including phenoxy) is 1. The molecule has 0 saturated carbocycles. The maximum Gasteiger partial charge on any atom is 0.252 e. The standard InChI is InChI=1S/C11H21N3O2/c1-4-5-10-13-11(16-14-10)8-15-7-6-12-9(2)3/h9,12H,4-8H2,1-3H3. The van der Waals surface area contributed by atoms with Gasteiger partial charge in [0.1, 0.15) is 6.61 Å². The van der Waals surface area contributed by atoms with Crippen molar-refractivity contribution in [1.29, 1.82) is 0 Å². The largest absolute Gasteiger partial charge is 0.370 e. The molecule has 5 heteroatoms. The lowest BCUT2D eigenvalue weighted by molar-refractivity contribution is 0.0984. The highest BCUT2D eigenvalue weighted by molar-refractivity contribution is 4.84. The molecule has 1 N–H and O–H groups in total. The van der Waals surface area contributed by atoms with Gasteiger partial charge in [-0.3, -0.25) is 0 Å². The van der Waals surface area contributed by atoms with Crippen molar-refractivity contribution in [2.24, 2.45) is 0 Å². The number of hydrogen-bond acceptors (Lipinski definition) is 5. The van der Waals surface area contributed by atoms with Crippen LogP contribution >= 0.6 is 0 Å². The summed E-state index contributed by atoms with van der Waals surface area (Å²) in [5.74, 6) is 1.33.